The Morgan fingerprint density at radius 3 is 2.18 bits per heavy atom. The number of carbonyl (C=O) groups is 1. The second-order valence-corrected chi connectivity index (χ2v) is 11.3. The molecule has 0 aromatic heterocycles. The number of carbonyl (C=O) groups excluding carboxylic acids is 1. The first-order valence-corrected chi connectivity index (χ1v) is 13.5. The van der Waals surface area contributed by atoms with Gasteiger partial charge >= 0.3 is 16.1 Å². The van der Waals surface area contributed by atoms with Crippen LogP contribution in [0.2, 0.25) is 0 Å². The van der Waals surface area contributed by atoms with E-state index in [-0.39, 0.29) is 25.4 Å². The highest BCUT2D eigenvalue weighted by atomic mass is 127. The molecule has 2 aromatic carbocycles. The van der Waals surface area contributed by atoms with Gasteiger partial charge in [-0.25, -0.2) is 13.6 Å². The number of benzene rings is 2. The lowest BCUT2D eigenvalue weighted by molar-refractivity contribution is 0.0158. The molecule has 2 aromatic rings. The van der Waals surface area contributed by atoms with Gasteiger partial charge in [-0.2, -0.15) is 17.2 Å². The minimum atomic E-state index is -5.63. The van der Waals surface area contributed by atoms with E-state index in [4.69, 9.17) is 18.8 Å². The first-order valence-electron chi connectivity index (χ1n) is 8.82. The minimum Gasteiger partial charge on any atom is -0.459 e. The molecular formula is C18H11F4I3O7S. The highest BCUT2D eigenvalue weighted by Crippen LogP contribution is 2.40. The van der Waals surface area contributed by atoms with Gasteiger partial charge in [0.2, 0.25) is 17.4 Å². The number of hydrogen-bond donors (Lipinski definition) is 1. The summed E-state index contributed by atoms with van der Waals surface area (Å²) in [5.74, 6) is -12.2. The van der Waals surface area contributed by atoms with Crippen molar-refractivity contribution in [3.05, 3.63) is 45.6 Å². The van der Waals surface area contributed by atoms with Crippen molar-refractivity contribution in [2.75, 3.05) is 13.2 Å². The molecule has 1 atom stereocenters. The Labute approximate surface area is 225 Å². The number of rotatable bonds is 6. The number of hydrogen-bond acceptors (Lipinski definition) is 6. The Hall–Kier alpha value is -0.510. The molecule has 0 spiro atoms. The van der Waals surface area contributed by atoms with Crippen molar-refractivity contribution in [3.8, 4) is 11.5 Å². The second-order valence-electron chi connectivity index (χ2n) is 6.58. The predicted molar refractivity (Wildman–Crippen MR) is 130 cm³/mol. The first-order chi connectivity index (χ1) is 15.3. The van der Waals surface area contributed by atoms with Gasteiger partial charge in [0.05, 0.1) is 9.67 Å². The molecule has 0 radical (unpaired) electrons. The molecule has 1 unspecified atom stereocenters. The topological polar surface area (TPSA) is 99.1 Å². The monoisotopic (exact) mass is 828 g/mol. The third-order valence-electron chi connectivity index (χ3n) is 4.40. The molecule has 1 aliphatic heterocycles. The maximum atomic E-state index is 14.5. The SMILES string of the molecule is O=C(OCC1CCCO1)c1c(I)c(I)cc(I)c1Oc1c(F)c(F)c(S(=O)(=O)O)c(F)c1F. The molecular weight excluding hydrogens is 817 g/mol. The molecule has 1 heterocycles. The Balaban J connectivity index is 2.09. The van der Waals surface area contributed by atoms with Crippen molar-refractivity contribution >= 4 is 83.9 Å². The smallest absolute Gasteiger partial charge is 0.343 e. The fraction of sp³-hybridized carbons (Fsp3) is 0.278. The van der Waals surface area contributed by atoms with E-state index in [0.29, 0.717) is 16.6 Å². The summed E-state index contributed by atoms with van der Waals surface area (Å²) in [5.41, 5.74) is -0.261. The summed E-state index contributed by atoms with van der Waals surface area (Å²) in [6, 6.07) is 1.48. The van der Waals surface area contributed by atoms with E-state index < -0.39 is 55.8 Å². The lowest BCUT2D eigenvalue weighted by Gasteiger charge is -2.18. The van der Waals surface area contributed by atoms with Gasteiger partial charge < -0.3 is 14.2 Å². The number of esters is 1. The second kappa shape index (κ2) is 10.6. The van der Waals surface area contributed by atoms with Crippen molar-refractivity contribution in [3.63, 3.8) is 0 Å². The van der Waals surface area contributed by atoms with Crippen LogP contribution < -0.4 is 4.74 Å². The maximum Gasteiger partial charge on any atom is 0.343 e. The van der Waals surface area contributed by atoms with Gasteiger partial charge in [0.25, 0.3) is 0 Å². The van der Waals surface area contributed by atoms with Crippen molar-refractivity contribution < 1.29 is 49.5 Å². The third-order valence-corrected chi connectivity index (χ3v) is 9.08. The summed E-state index contributed by atoms with van der Waals surface area (Å²) >= 11 is 5.35. The lowest BCUT2D eigenvalue weighted by atomic mass is 10.2. The maximum absolute atomic E-state index is 14.5. The Kier molecular flexibility index (Phi) is 8.72. The van der Waals surface area contributed by atoms with E-state index in [2.05, 4.69) is 0 Å². The largest absolute Gasteiger partial charge is 0.459 e. The molecule has 0 aliphatic carbocycles. The van der Waals surface area contributed by atoms with Gasteiger partial charge in [-0.05, 0) is 86.7 Å². The number of halogens is 7. The Morgan fingerprint density at radius 2 is 1.67 bits per heavy atom. The molecule has 7 nitrogen and oxygen atoms in total. The van der Waals surface area contributed by atoms with Gasteiger partial charge in [-0.15, -0.1) is 0 Å². The summed E-state index contributed by atoms with van der Waals surface area (Å²) in [6.45, 7) is 0.427. The highest BCUT2D eigenvalue weighted by Gasteiger charge is 2.35. The molecule has 0 amide bonds. The van der Waals surface area contributed by atoms with E-state index in [1.807, 2.05) is 22.6 Å². The number of ether oxygens (including phenoxy) is 3. The normalized spacial score (nSPS) is 16.2. The van der Waals surface area contributed by atoms with Crippen LogP contribution in [0.1, 0.15) is 23.2 Å². The van der Waals surface area contributed by atoms with Crippen LogP contribution in [0.3, 0.4) is 0 Å². The van der Waals surface area contributed by atoms with Gasteiger partial charge in [0, 0.05) is 13.7 Å². The molecule has 1 saturated heterocycles. The zero-order valence-corrected chi connectivity index (χ0v) is 23.2. The molecule has 0 saturated carbocycles. The summed E-state index contributed by atoms with van der Waals surface area (Å²) in [4.78, 5) is 10.6. The first kappa shape index (κ1) is 27.1. The van der Waals surface area contributed by atoms with Gasteiger partial charge in [-0.1, -0.05) is 0 Å². The zero-order valence-electron chi connectivity index (χ0n) is 15.9. The molecule has 1 fully saturated rings. The van der Waals surface area contributed by atoms with Crippen LogP contribution in [-0.2, 0) is 19.6 Å². The average Bonchev–Trinajstić information content (AvgIpc) is 3.24. The predicted octanol–water partition coefficient (Wildman–Crippen LogP) is 5.43. The highest BCUT2D eigenvalue weighted by molar-refractivity contribution is 14.1. The average molecular weight is 828 g/mol. The minimum absolute atomic E-state index is 0.0918. The van der Waals surface area contributed by atoms with Gasteiger partial charge in [-0.3, -0.25) is 4.55 Å². The molecule has 180 valence electrons. The van der Waals surface area contributed by atoms with Crippen molar-refractivity contribution in [1.82, 2.24) is 0 Å². The summed E-state index contributed by atoms with van der Waals surface area (Å²) < 4.78 is 105. The molecule has 15 heteroatoms. The van der Waals surface area contributed by atoms with Crippen LogP contribution in [0.4, 0.5) is 17.6 Å². The van der Waals surface area contributed by atoms with E-state index >= 15 is 0 Å². The van der Waals surface area contributed by atoms with Gasteiger partial charge in [0.1, 0.15) is 12.2 Å². The zero-order chi connectivity index (χ0) is 24.7. The van der Waals surface area contributed by atoms with Crippen LogP contribution in [0.15, 0.2) is 11.0 Å². The molecule has 1 aliphatic rings. The summed E-state index contributed by atoms with van der Waals surface area (Å²) in [6.07, 6.45) is 1.15. The standard InChI is InChI=1S/C18H11F4I3O7S/c19-10-12(21)17(33(27,28)29)13(22)11(20)16(10)32-15-8(24)4-7(23)14(25)9(15)18(26)31-5-6-2-1-3-30-6/h4,6H,1-3,5H2,(H,27,28,29). The molecule has 1 N–H and O–H groups in total. The Morgan fingerprint density at radius 1 is 1.06 bits per heavy atom. The fourth-order valence-corrected chi connectivity index (χ4v) is 6.01. The van der Waals surface area contributed by atoms with Crippen LogP contribution in [0.5, 0.6) is 11.5 Å². The van der Waals surface area contributed by atoms with E-state index in [9.17, 15) is 30.8 Å². The molecule has 33 heavy (non-hydrogen) atoms. The van der Waals surface area contributed by atoms with Crippen LogP contribution in [0, 0.1) is 34.0 Å². The fourth-order valence-electron chi connectivity index (χ4n) is 2.89. The van der Waals surface area contributed by atoms with E-state index in [1.165, 1.54) is 6.07 Å². The van der Waals surface area contributed by atoms with E-state index in [1.54, 1.807) is 45.2 Å². The van der Waals surface area contributed by atoms with Crippen molar-refractivity contribution in [2.24, 2.45) is 0 Å². The summed E-state index contributed by atoms with van der Waals surface area (Å²) in [7, 11) is -5.63. The van der Waals surface area contributed by atoms with Crippen molar-refractivity contribution in [1.29, 1.82) is 0 Å². The van der Waals surface area contributed by atoms with Crippen molar-refractivity contribution in [2.45, 2.75) is 23.8 Å². The quantitative estimate of drug-likeness (QED) is 0.137. The molecule has 0 bridgehead atoms. The van der Waals surface area contributed by atoms with Crippen LogP contribution in [0.25, 0.3) is 0 Å². The summed E-state index contributed by atoms with van der Waals surface area (Å²) in [5, 5.41) is 0. The van der Waals surface area contributed by atoms with Crippen LogP contribution in [-0.4, -0.2) is 38.3 Å². The molecule has 3 rings (SSSR count). The third kappa shape index (κ3) is 5.67. The lowest BCUT2D eigenvalue weighted by Crippen LogP contribution is -2.19. The Bertz CT molecular complexity index is 1210. The van der Waals surface area contributed by atoms with Crippen LogP contribution >= 0.6 is 67.8 Å². The van der Waals surface area contributed by atoms with Gasteiger partial charge in [0.15, 0.2) is 22.3 Å². The van der Waals surface area contributed by atoms with E-state index in [0.717, 1.165) is 6.42 Å².